The van der Waals surface area contributed by atoms with Gasteiger partial charge in [-0.1, -0.05) is 37.4 Å². The number of carbonyl (C=O) groups is 2. The lowest BCUT2D eigenvalue weighted by Gasteiger charge is -2.09. The van der Waals surface area contributed by atoms with Crippen LogP contribution >= 0.6 is 0 Å². The van der Waals surface area contributed by atoms with Gasteiger partial charge in [0, 0.05) is 6.92 Å². The van der Waals surface area contributed by atoms with Gasteiger partial charge in [-0.25, -0.2) is 4.98 Å². The third-order valence-electron chi connectivity index (χ3n) is 4.05. The van der Waals surface area contributed by atoms with Crippen molar-refractivity contribution in [1.82, 2.24) is 9.97 Å². The van der Waals surface area contributed by atoms with Gasteiger partial charge in [-0.05, 0) is 36.4 Å². The number of hydrogen-bond acceptors (Lipinski definition) is 6. The molecule has 34 heavy (non-hydrogen) atoms. The van der Waals surface area contributed by atoms with E-state index in [4.69, 9.17) is 11.5 Å². The second-order valence-electron chi connectivity index (χ2n) is 6.60. The van der Waals surface area contributed by atoms with Crippen LogP contribution in [-0.2, 0) is 15.5 Å². The molecule has 5 N–H and O–H groups in total. The Labute approximate surface area is 191 Å². The first kappa shape index (κ1) is 27.8. The highest BCUT2D eigenvalue weighted by Crippen LogP contribution is 2.25. The molecule has 0 fully saturated rings. The van der Waals surface area contributed by atoms with Crippen molar-refractivity contribution in [2.24, 2.45) is 0 Å². The summed E-state index contributed by atoms with van der Waals surface area (Å²) in [4.78, 5) is 37.7. The summed E-state index contributed by atoms with van der Waals surface area (Å²) in [7, 11) is 0. The van der Waals surface area contributed by atoms with E-state index in [1.807, 2.05) is 12.1 Å². The van der Waals surface area contributed by atoms with E-state index in [0.29, 0.717) is 28.5 Å². The lowest BCUT2D eigenvalue weighted by molar-refractivity contribution is -0.147. The molecule has 0 aliphatic heterocycles. The number of hydrogen-bond donors (Lipinski definition) is 3. The zero-order chi connectivity index (χ0) is 26.1. The van der Waals surface area contributed by atoms with E-state index in [1.54, 1.807) is 36.4 Å². The summed E-state index contributed by atoms with van der Waals surface area (Å²) in [5.41, 5.74) is 11.1. The van der Waals surface area contributed by atoms with Gasteiger partial charge in [0.25, 0.3) is 11.3 Å². The van der Waals surface area contributed by atoms with Crippen LogP contribution in [-0.4, -0.2) is 27.5 Å². The number of nitrogens with one attached hydrogen (secondary N) is 1. The Morgan fingerprint density at radius 3 is 1.85 bits per heavy atom. The number of benzene rings is 2. The highest BCUT2D eigenvalue weighted by atomic mass is 19.3. The molecule has 1 aromatic heterocycles. The first-order valence-corrected chi connectivity index (χ1v) is 9.44. The molecular weight excluding hydrogens is 456 g/mol. The predicted molar refractivity (Wildman–Crippen MR) is 123 cm³/mol. The van der Waals surface area contributed by atoms with Crippen LogP contribution in [0.4, 0.5) is 28.9 Å². The van der Waals surface area contributed by atoms with Crippen molar-refractivity contribution in [2.75, 3.05) is 11.5 Å². The molecule has 2 aromatic carbocycles. The molecule has 0 radical (unpaired) electrons. The smallest absolute Gasteiger partial charge is 0.330 e. The fourth-order valence-electron chi connectivity index (χ4n) is 2.19. The molecule has 0 amide bonds. The second kappa shape index (κ2) is 11.5. The highest BCUT2D eigenvalue weighted by Gasteiger charge is 2.37. The molecule has 0 aliphatic carbocycles. The van der Waals surface area contributed by atoms with Crippen molar-refractivity contribution in [3.8, 4) is 0 Å². The lowest BCUT2D eigenvalue weighted by atomic mass is 10.1. The molecule has 0 aliphatic rings. The van der Waals surface area contributed by atoms with Crippen molar-refractivity contribution in [2.45, 2.75) is 18.8 Å². The average Bonchev–Trinajstić information content (AvgIpc) is 2.80. The zero-order valence-corrected chi connectivity index (χ0v) is 18.0. The van der Waals surface area contributed by atoms with Crippen LogP contribution < -0.4 is 17.0 Å². The second-order valence-corrected chi connectivity index (χ2v) is 6.60. The number of Topliss-reactive ketones (excluding diaryl/α,β-unsaturated/α-hetero) is 2. The number of fused-ring (bicyclic) bond motifs is 1. The Kier molecular flexibility index (Phi) is 9.42. The molecule has 0 saturated carbocycles. The van der Waals surface area contributed by atoms with E-state index in [9.17, 15) is 31.9 Å². The Morgan fingerprint density at radius 1 is 0.941 bits per heavy atom. The quantitative estimate of drug-likeness (QED) is 0.220. The molecule has 3 aromatic rings. The van der Waals surface area contributed by atoms with Crippen LogP contribution in [0.3, 0.4) is 0 Å². The van der Waals surface area contributed by atoms with Gasteiger partial charge in [0.15, 0.2) is 5.69 Å². The van der Waals surface area contributed by atoms with Crippen LogP contribution in [0.2, 0.25) is 0 Å². The number of anilines is 2. The molecule has 7 nitrogen and oxygen atoms in total. The number of nitrogen functional groups attached to an aromatic ring is 2. The molecule has 0 atom stereocenters. The number of rotatable bonds is 5. The first-order chi connectivity index (χ1) is 15.8. The Balaban J connectivity index is 0.000000277. The van der Waals surface area contributed by atoms with E-state index in [2.05, 4.69) is 23.1 Å². The van der Waals surface area contributed by atoms with Gasteiger partial charge in [-0.3, -0.25) is 14.4 Å². The maximum absolute atomic E-state index is 13.3. The van der Waals surface area contributed by atoms with Crippen LogP contribution in [0.5, 0.6) is 0 Å². The number of aromatic amines is 1. The molecule has 11 heteroatoms. The number of alkyl halides is 4. The molecule has 0 saturated heterocycles. The van der Waals surface area contributed by atoms with E-state index < -0.39 is 34.7 Å². The van der Waals surface area contributed by atoms with Crippen LogP contribution in [0.25, 0.3) is 11.0 Å². The zero-order valence-electron chi connectivity index (χ0n) is 18.0. The topological polar surface area (TPSA) is 132 Å². The number of allylic oxidation sites excluding steroid dienone is 2. The molecule has 0 spiro atoms. The minimum absolute atomic E-state index is 0.150. The number of carbonyl (C=O) groups excluding carboxylic acids is 2. The van der Waals surface area contributed by atoms with Crippen molar-refractivity contribution >= 4 is 34.0 Å². The number of aromatic nitrogens is 2. The molecular formula is C23H22F4N4O3. The number of H-pyrrole nitrogens is 1. The maximum Gasteiger partial charge on any atom is 0.330 e. The van der Waals surface area contributed by atoms with Gasteiger partial charge in [0.1, 0.15) is 0 Å². The highest BCUT2D eigenvalue weighted by molar-refractivity contribution is 6.39. The summed E-state index contributed by atoms with van der Waals surface area (Å²) in [6.07, 6.45) is 0.552. The minimum Gasteiger partial charge on any atom is -0.397 e. The summed E-state index contributed by atoms with van der Waals surface area (Å²) >= 11 is 0. The fraction of sp³-hybridized carbons (Fsp3) is 0.130. The Bertz CT molecular complexity index is 1240. The predicted octanol–water partition coefficient (Wildman–Crippen LogP) is 4.02. The monoisotopic (exact) mass is 478 g/mol. The van der Waals surface area contributed by atoms with Crippen LogP contribution in [0.1, 0.15) is 12.6 Å². The van der Waals surface area contributed by atoms with Crippen molar-refractivity contribution in [3.05, 3.63) is 89.9 Å². The number of halogens is 4. The average molecular weight is 478 g/mol. The van der Waals surface area contributed by atoms with Crippen molar-refractivity contribution in [3.63, 3.8) is 0 Å². The van der Waals surface area contributed by atoms with Gasteiger partial charge in [0.2, 0.25) is 5.78 Å². The third kappa shape index (κ3) is 7.40. The Hall–Kier alpha value is -4.28. The van der Waals surface area contributed by atoms with E-state index >= 15 is 0 Å². The normalized spacial score (nSPS) is 10.7. The maximum atomic E-state index is 13.3. The first-order valence-electron chi connectivity index (χ1n) is 9.44. The summed E-state index contributed by atoms with van der Waals surface area (Å²) in [6, 6.07) is 13.7. The summed E-state index contributed by atoms with van der Waals surface area (Å²) in [6.45, 7) is 6.49. The largest absolute Gasteiger partial charge is 0.397 e. The molecule has 180 valence electrons. The molecule has 1 heterocycles. The van der Waals surface area contributed by atoms with Gasteiger partial charge in [0.05, 0.1) is 22.4 Å². The third-order valence-corrected chi connectivity index (χ3v) is 4.05. The summed E-state index contributed by atoms with van der Waals surface area (Å²) in [5.74, 6) is -10.0. The molecule has 3 rings (SSSR count). The molecule has 0 unspecified atom stereocenters. The van der Waals surface area contributed by atoms with Gasteiger partial charge < -0.3 is 16.5 Å². The minimum atomic E-state index is -3.70. The number of nitrogens with zero attached hydrogens (tertiary/aromatic N) is 1. The van der Waals surface area contributed by atoms with Crippen molar-refractivity contribution in [1.29, 1.82) is 0 Å². The number of ketones is 2. The Morgan fingerprint density at radius 2 is 1.44 bits per heavy atom. The molecule has 0 bridgehead atoms. The van der Waals surface area contributed by atoms with Gasteiger partial charge >= 0.3 is 11.8 Å². The SMILES string of the molecule is C=CC(F)(F)C(=O)C(C)=O.C=CC(F)(F)c1nc2ccccc2[nH]c1=O.Nc1ccccc1N. The number of nitrogens with two attached hydrogens (primary N) is 2. The van der Waals surface area contributed by atoms with Crippen LogP contribution in [0, 0.1) is 0 Å². The van der Waals surface area contributed by atoms with E-state index in [0.717, 1.165) is 6.92 Å². The lowest BCUT2D eigenvalue weighted by Crippen LogP contribution is -2.31. The van der Waals surface area contributed by atoms with Crippen molar-refractivity contribution < 1.29 is 27.2 Å². The van der Waals surface area contributed by atoms with E-state index in [-0.39, 0.29) is 6.08 Å². The summed E-state index contributed by atoms with van der Waals surface area (Å²) in [5, 5.41) is 0. The fourth-order valence-corrected chi connectivity index (χ4v) is 2.19. The van der Waals surface area contributed by atoms with Gasteiger partial charge in [-0.2, -0.15) is 17.6 Å². The standard InChI is InChI=1S/C11H8F2N2O.C6H6F2O2.C6H8N2/c1-2-11(12,13)9-10(16)15-8-6-4-3-5-7(8)14-9;1-3-6(7,8)5(10)4(2)9;7-5-3-1-2-4-6(5)8/h2-6H,1H2,(H,15,16);3H,1H2,2H3;1-4H,7-8H2. The van der Waals surface area contributed by atoms with Crippen LogP contribution in [0.15, 0.2) is 78.6 Å². The van der Waals surface area contributed by atoms with E-state index in [1.165, 1.54) is 0 Å². The summed E-state index contributed by atoms with van der Waals surface area (Å²) < 4.78 is 50.8. The number of para-hydroxylation sites is 4. The van der Waals surface area contributed by atoms with Gasteiger partial charge in [-0.15, -0.1) is 0 Å².